The number of carboxylic acids is 1. The summed E-state index contributed by atoms with van der Waals surface area (Å²) in [6.07, 6.45) is -0.0612. The van der Waals surface area contributed by atoms with Crippen LogP contribution in [-0.4, -0.2) is 54.7 Å². The first-order chi connectivity index (χ1) is 9.33. The molecule has 114 valence electrons. The molecular weight excluding hydrogens is 266 g/mol. The van der Waals surface area contributed by atoms with Crippen LogP contribution in [0, 0.1) is 0 Å². The number of amides is 1. The molecule has 8 nitrogen and oxygen atoms in total. The smallest absolute Gasteiger partial charge is 0.303 e. The molecule has 0 spiro atoms. The van der Waals surface area contributed by atoms with Crippen molar-refractivity contribution < 1.29 is 24.3 Å². The van der Waals surface area contributed by atoms with Crippen LogP contribution in [0.1, 0.15) is 25.7 Å². The molecule has 0 aliphatic carbocycles. The van der Waals surface area contributed by atoms with Gasteiger partial charge in [-0.05, 0) is 26.9 Å². The van der Waals surface area contributed by atoms with E-state index in [1.165, 1.54) is 14.1 Å². The Kier molecular flexibility index (Phi) is 8.33. The van der Waals surface area contributed by atoms with Crippen LogP contribution in [0.2, 0.25) is 0 Å². The molecule has 0 bridgehead atoms. The molecule has 0 heterocycles. The fraction of sp³-hybridized carbons (Fsp3) is 0.667. The van der Waals surface area contributed by atoms with Crippen LogP contribution in [-0.2, 0) is 19.2 Å². The van der Waals surface area contributed by atoms with E-state index < -0.39 is 35.5 Å². The normalized spacial score (nSPS) is 13.5. The fourth-order valence-corrected chi connectivity index (χ4v) is 1.71. The Morgan fingerprint density at radius 1 is 0.950 bits per heavy atom. The summed E-state index contributed by atoms with van der Waals surface area (Å²) in [5.41, 5.74) is 5.00. The largest absolute Gasteiger partial charge is 0.481 e. The van der Waals surface area contributed by atoms with Crippen molar-refractivity contribution in [2.45, 2.75) is 37.8 Å². The van der Waals surface area contributed by atoms with Crippen molar-refractivity contribution in [1.82, 2.24) is 10.6 Å². The van der Waals surface area contributed by atoms with Crippen LogP contribution in [0.25, 0.3) is 0 Å². The molecule has 0 unspecified atom stereocenters. The minimum atomic E-state index is -1.04. The molecule has 0 saturated carbocycles. The third-order valence-corrected chi connectivity index (χ3v) is 2.90. The molecule has 0 rings (SSSR count). The third kappa shape index (κ3) is 6.39. The van der Waals surface area contributed by atoms with Crippen molar-refractivity contribution in [1.29, 1.82) is 0 Å². The summed E-state index contributed by atoms with van der Waals surface area (Å²) in [7, 11) is 2.98. The molecule has 20 heavy (non-hydrogen) atoms. The molecule has 0 aromatic heterocycles. The van der Waals surface area contributed by atoms with Gasteiger partial charge in [-0.2, -0.15) is 0 Å². The maximum Gasteiger partial charge on any atom is 0.303 e. The molecule has 2 atom stereocenters. The minimum Gasteiger partial charge on any atom is -0.481 e. The van der Waals surface area contributed by atoms with Gasteiger partial charge in [0.2, 0.25) is 17.5 Å². The molecule has 0 aromatic rings. The van der Waals surface area contributed by atoms with Gasteiger partial charge in [0, 0.05) is 12.8 Å². The maximum absolute atomic E-state index is 12.0. The number of carbonyl (C=O) groups is 4. The number of aliphatic carboxylic acids is 1. The molecule has 0 fully saturated rings. The zero-order valence-electron chi connectivity index (χ0n) is 11.6. The summed E-state index contributed by atoms with van der Waals surface area (Å²) in [5, 5.41) is 13.9. The van der Waals surface area contributed by atoms with E-state index in [2.05, 4.69) is 10.6 Å². The molecule has 5 N–H and O–H groups in total. The van der Waals surface area contributed by atoms with Crippen LogP contribution in [0.4, 0.5) is 0 Å². The van der Waals surface area contributed by atoms with E-state index in [1.807, 2.05) is 0 Å². The number of nitrogens with one attached hydrogen (secondary N) is 2. The first kappa shape index (κ1) is 18.2. The van der Waals surface area contributed by atoms with Crippen molar-refractivity contribution in [3.8, 4) is 0 Å². The van der Waals surface area contributed by atoms with Gasteiger partial charge >= 0.3 is 5.97 Å². The highest BCUT2D eigenvalue weighted by Gasteiger charge is 2.29. The second-order valence-corrected chi connectivity index (χ2v) is 4.35. The second kappa shape index (κ2) is 9.16. The number of rotatable bonds is 11. The molecule has 8 heteroatoms. The average Bonchev–Trinajstić information content (AvgIpc) is 2.38. The first-order valence-corrected chi connectivity index (χ1v) is 6.26. The van der Waals surface area contributed by atoms with E-state index in [0.717, 1.165) is 0 Å². The van der Waals surface area contributed by atoms with Gasteiger partial charge in [-0.25, -0.2) is 0 Å². The van der Waals surface area contributed by atoms with E-state index in [1.54, 1.807) is 0 Å². The number of primary amides is 1. The van der Waals surface area contributed by atoms with Gasteiger partial charge < -0.3 is 21.5 Å². The molecule has 0 aliphatic rings. The molecule has 1 amide bonds. The summed E-state index contributed by atoms with van der Waals surface area (Å²) < 4.78 is 0. The van der Waals surface area contributed by atoms with Gasteiger partial charge in [-0.3, -0.25) is 19.2 Å². The topological polar surface area (TPSA) is 139 Å². The summed E-state index contributed by atoms with van der Waals surface area (Å²) in [4.78, 5) is 45.1. The predicted molar refractivity (Wildman–Crippen MR) is 71.0 cm³/mol. The highest BCUT2D eigenvalue weighted by atomic mass is 16.4. The Labute approximate surface area is 117 Å². The van der Waals surface area contributed by atoms with Crippen molar-refractivity contribution in [3.05, 3.63) is 0 Å². The van der Waals surface area contributed by atoms with Crippen LogP contribution in [0.5, 0.6) is 0 Å². The van der Waals surface area contributed by atoms with Crippen LogP contribution < -0.4 is 16.4 Å². The lowest BCUT2D eigenvalue weighted by molar-refractivity contribution is -0.140. The maximum atomic E-state index is 12.0. The zero-order chi connectivity index (χ0) is 15.7. The van der Waals surface area contributed by atoms with Crippen LogP contribution in [0.3, 0.4) is 0 Å². The molecule has 0 aromatic carbocycles. The lowest BCUT2D eigenvalue weighted by Crippen LogP contribution is -2.47. The van der Waals surface area contributed by atoms with E-state index >= 15 is 0 Å². The van der Waals surface area contributed by atoms with Gasteiger partial charge in [0.05, 0.1) is 12.1 Å². The number of carbonyl (C=O) groups excluding carboxylic acids is 3. The number of carboxylic acid groups (broad SMARTS) is 1. The summed E-state index contributed by atoms with van der Waals surface area (Å²) in [6, 6.07) is -1.64. The van der Waals surface area contributed by atoms with Crippen molar-refractivity contribution >= 4 is 23.4 Å². The van der Waals surface area contributed by atoms with Crippen molar-refractivity contribution in [2.24, 2.45) is 5.73 Å². The number of ketones is 2. The molecule has 0 aliphatic heterocycles. The fourth-order valence-electron chi connectivity index (χ4n) is 1.71. The molecule has 0 radical (unpaired) electrons. The highest BCUT2D eigenvalue weighted by molar-refractivity contribution is 6.41. The zero-order valence-corrected chi connectivity index (χ0v) is 11.6. The number of hydrogen-bond donors (Lipinski definition) is 4. The first-order valence-electron chi connectivity index (χ1n) is 6.26. The SMILES string of the molecule is CN[C@@H](CCC(N)=O)C(=O)C(=O)[C@H](CCC(=O)O)NC. The quantitative estimate of drug-likeness (QED) is 0.337. The minimum absolute atomic E-state index is 0.0100. The van der Waals surface area contributed by atoms with Crippen molar-refractivity contribution in [3.63, 3.8) is 0 Å². The van der Waals surface area contributed by atoms with E-state index in [4.69, 9.17) is 10.8 Å². The summed E-state index contributed by atoms with van der Waals surface area (Å²) in [6.45, 7) is 0. The van der Waals surface area contributed by atoms with Gasteiger partial charge in [-0.15, -0.1) is 0 Å². The summed E-state index contributed by atoms with van der Waals surface area (Å²) in [5.74, 6) is -2.97. The van der Waals surface area contributed by atoms with Gasteiger partial charge in [0.25, 0.3) is 0 Å². The highest BCUT2D eigenvalue weighted by Crippen LogP contribution is 2.05. The standard InChI is InChI=1S/C12H21N3O5/c1-14-7(3-5-9(13)16)11(19)12(20)8(15-2)4-6-10(17)18/h7-8,14-15H,3-6H2,1-2H3,(H2,13,16)(H,17,18)/t7-,8-/m0/s1. The van der Waals surface area contributed by atoms with Gasteiger partial charge in [0.15, 0.2) is 0 Å². The third-order valence-electron chi connectivity index (χ3n) is 2.90. The summed E-state index contributed by atoms with van der Waals surface area (Å²) >= 11 is 0. The van der Waals surface area contributed by atoms with E-state index in [0.29, 0.717) is 0 Å². The lowest BCUT2D eigenvalue weighted by atomic mass is 9.96. The number of hydrogen-bond acceptors (Lipinski definition) is 6. The second-order valence-electron chi connectivity index (χ2n) is 4.35. The van der Waals surface area contributed by atoms with Gasteiger partial charge in [-0.1, -0.05) is 0 Å². The molecular formula is C12H21N3O5. The number of nitrogens with two attached hydrogens (primary N) is 1. The number of Topliss-reactive ketones (excluding diaryl/α,β-unsaturated/α-hetero) is 2. The predicted octanol–water partition coefficient (Wildman–Crippen LogP) is -1.57. The lowest BCUT2D eigenvalue weighted by Gasteiger charge is -2.18. The average molecular weight is 287 g/mol. The number of likely N-dealkylation sites (N-methyl/N-ethyl adjacent to an activating group) is 2. The Morgan fingerprint density at radius 2 is 1.35 bits per heavy atom. The van der Waals surface area contributed by atoms with Crippen LogP contribution >= 0.6 is 0 Å². The Balaban J connectivity index is 4.63. The van der Waals surface area contributed by atoms with Crippen LogP contribution in [0.15, 0.2) is 0 Å². The van der Waals surface area contributed by atoms with Gasteiger partial charge in [0.1, 0.15) is 0 Å². The Morgan fingerprint density at radius 3 is 1.65 bits per heavy atom. The van der Waals surface area contributed by atoms with E-state index in [9.17, 15) is 19.2 Å². The molecule has 0 saturated heterocycles. The van der Waals surface area contributed by atoms with E-state index in [-0.39, 0.29) is 25.7 Å². The Hall–Kier alpha value is -1.80. The monoisotopic (exact) mass is 287 g/mol. The van der Waals surface area contributed by atoms with Crippen molar-refractivity contribution in [2.75, 3.05) is 14.1 Å². The Bertz CT molecular complexity index is 347.